The van der Waals surface area contributed by atoms with Crippen molar-refractivity contribution in [3.8, 4) is 0 Å². The monoisotopic (exact) mass is 430 g/mol. The number of benzene rings is 1. The zero-order valence-corrected chi connectivity index (χ0v) is 22.0. The molecule has 1 aromatic carbocycles. The molecule has 0 fully saturated rings. The number of esters is 2. The molecule has 0 saturated heterocycles. The topological polar surface area (TPSA) is 52.6 Å². The van der Waals surface area contributed by atoms with Gasteiger partial charge in [0.15, 0.2) is 0 Å². The van der Waals surface area contributed by atoms with Gasteiger partial charge in [-0.3, -0.25) is 0 Å². The molecule has 0 aliphatic rings. The van der Waals surface area contributed by atoms with Crippen molar-refractivity contribution in [2.45, 2.75) is 90.9 Å². The molecule has 0 N–H and O–H groups in total. The Balaban J connectivity index is 0. The minimum atomic E-state index is -0.444. The predicted octanol–water partition coefficient (Wildman–Crippen LogP) is 3.84. The molecule has 0 spiro atoms. The molecule has 0 aliphatic carbocycles. The standard InChI is InChI=1S/C24H38O4.K.H/c1-3-5-7-9-11-15-19-27-23(25)21-17-13-14-18-22(21)24(26)28-20-16-12-10-8-6-4-2;;/h13-14,17-18H,3-12,15-16,19-20H2,1-2H3;;/q;+1;-1. The first-order valence-electron chi connectivity index (χ1n) is 11.1. The summed E-state index contributed by atoms with van der Waals surface area (Å²) in [6, 6.07) is 6.74. The average molecular weight is 431 g/mol. The summed E-state index contributed by atoms with van der Waals surface area (Å²) in [5, 5.41) is 0. The van der Waals surface area contributed by atoms with Gasteiger partial charge in [-0.2, -0.15) is 0 Å². The van der Waals surface area contributed by atoms with Crippen LogP contribution in [-0.4, -0.2) is 25.2 Å². The third-order valence-electron chi connectivity index (χ3n) is 4.83. The molecule has 160 valence electrons. The normalized spacial score (nSPS) is 10.3. The molecule has 0 radical (unpaired) electrons. The van der Waals surface area contributed by atoms with Gasteiger partial charge in [-0.1, -0.05) is 90.2 Å². The van der Waals surface area contributed by atoms with E-state index in [-0.39, 0.29) is 52.8 Å². The van der Waals surface area contributed by atoms with Crippen LogP contribution in [0.15, 0.2) is 24.3 Å². The molecule has 1 aromatic rings. The summed E-state index contributed by atoms with van der Waals surface area (Å²) in [6.45, 7) is 5.17. The zero-order valence-electron chi connectivity index (χ0n) is 19.8. The third kappa shape index (κ3) is 13.7. The fourth-order valence-corrected chi connectivity index (χ4v) is 3.09. The maximum Gasteiger partial charge on any atom is 1.00 e. The maximum absolute atomic E-state index is 12.4. The van der Waals surface area contributed by atoms with Crippen molar-refractivity contribution in [1.82, 2.24) is 0 Å². The Morgan fingerprint density at radius 3 is 1.38 bits per heavy atom. The molecule has 0 unspecified atom stereocenters. The van der Waals surface area contributed by atoms with Gasteiger partial charge in [-0.25, -0.2) is 9.59 Å². The second kappa shape index (κ2) is 19.7. The van der Waals surface area contributed by atoms with Gasteiger partial charge >= 0.3 is 63.3 Å². The van der Waals surface area contributed by atoms with E-state index in [4.69, 9.17) is 9.47 Å². The summed E-state index contributed by atoms with van der Waals surface area (Å²) in [7, 11) is 0. The minimum Gasteiger partial charge on any atom is -1.00 e. The van der Waals surface area contributed by atoms with Gasteiger partial charge in [-0.05, 0) is 25.0 Å². The Kier molecular flexibility index (Phi) is 19.6. The molecule has 0 aliphatic heterocycles. The Labute approximate surface area is 221 Å². The SMILES string of the molecule is CCCCCCCCOC(=O)c1ccccc1C(=O)OCCCCCCCC.[H-].[K+]. The van der Waals surface area contributed by atoms with E-state index in [1.54, 1.807) is 24.3 Å². The van der Waals surface area contributed by atoms with Crippen LogP contribution in [0, 0.1) is 0 Å². The molecular weight excluding hydrogens is 391 g/mol. The Bertz CT molecular complexity index is 517. The van der Waals surface area contributed by atoms with Crippen molar-refractivity contribution in [2.24, 2.45) is 0 Å². The third-order valence-corrected chi connectivity index (χ3v) is 4.83. The van der Waals surface area contributed by atoms with E-state index in [1.807, 2.05) is 0 Å². The molecule has 0 amide bonds. The van der Waals surface area contributed by atoms with Crippen molar-refractivity contribution >= 4 is 11.9 Å². The molecule has 4 nitrogen and oxygen atoms in total. The molecule has 0 bridgehead atoms. The molecule has 0 saturated carbocycles. The van der Waals surface area contributed by atoms with E-state index in [0.29, 0.717) is 24.3 Å². The van der Waals surface area contributed by atoms with Crippen LogP contribution in [0.4, 0.5) is 0 Å². The van der Waals surface area contributed by atoms with E-state index in [2.05, 4.69) is 13.8 Å². The van der Waals surface area contributed by atoms with Gasteiger partial charge in [0.25, 0.3) is 0 Å². The molecule has 29 heavy (non-hydrogen) atoms. The molecule has 5 heteroatoms. The van der Waals surface area contributed by atoms with Gasteiger partial charge < -0.3 is 10.9 Å². The van der Waals surface area contributed by atoms with Gasteiger partial charge in [0.2, 0.25) is 0 Å². The van der Waals surface area contributed by atoms with E-state index >= 15 is 0 Å². The largest absolute Gasteiger partial charge is 1.00 e. The fraction of sp³-hybridized carbons (Fsp3) is 0.667. The summed E-state index contributed by atoms with van der Waals surface area (Å²) in [6.07, 6.45) is 13.6. The molecule has 0 heterocycles. The quantitative estimate of drug-likeness (QED) is 0.227. The van der Waals surface area contributed by atoms with Crippen molar-refractivity contribution in [3.05, 3.63) is 35.4 Å². The second-order valence-corrected chi connectivity index (χ2v) is 7.35. The second-order valence-electron chi connectivity index (χ2n) is 7.35. The zero-order chi connectivity index (χ0) is 20.5. The fourth-order valence-electron chi connectivity index (χ4n) is 3.09. The first kappa shape index (κ1) is 28.8. The molecular formula is C24H39KO4. The summed E-state index contributed by atoms with van der Waals surface area (Å²) in [5.41, 5.74) is 0.586. The van der Waals surface area contributed by atoms with Gasteiger partial charge in [0.05, 0.1) is 24.3 Å². The van der Waals surface area contributed by atoms with Crippen molar-refractivity contribution in [1.29, 1.82) is 0 Å². The molecule has 0 aromatic heterocycles. The summed E-state index contributed by atoms with van der Waals surface area (Å²) in [4.78, 5) is 24.7. The Morgan fingerprint density at radius 1 is 0.655 bits per heavy atom. The smallest absolute Gasteiger partial charge is 1.00 e. The van der Waals surface area contributed by atoms with Crippen molar-refractivity contribution in [2.75, 3.05) is 13.2 Å². The van der Waals surface area contributed by atoms with Crippen LogP contribution in [0.3, 0.4) is 0 Å². The van der Waals surface area contributed by atoms with Crippen LogP contribution < -0.4 is 51.4 Å². The van der Waals surface area contributed by atoms with Crippen LogP contribution in [0.5, 0.6) is 0 Å². The van der Waals surface area contributed by atoms with E-state index < -0.39 is 11.9 Å². The number of rotatable bonds is 16. The number of hydrogen-bond acceptors (Lipinski definition) is 4. The number of ether oxygens (including phenoxy) is 2. The van der Waals surface area contributed by atoms with Gasteiger partial charge in [-0.15, -0.1) is 0 Å². The van der Waals surface area contributed by atoms with Crippen LogP contribution in [0.25, 0.3) is 0 Å². The van der Waals surface area contributed by atoms with Crippen LogP contribution in [0.1, 0.15) is 113 Å². The van der Waals surface area contributed by atoms with Crippen molar-refractivity contribution in [3.63, 3.8) is 0 Å². The van der Waals surface area contributed by atoms with Crippen molar-refractivity contribution < 1.29 is 71.9 Å². The minimum absolute atomic E-state index is 0. The van der Waals surface area contributed by atoms with Crippen LogP contribution >= 0.6 is 0 Å². The average Bonchev–Trinajstić information content (AvgIpc) is 2.72. The predicted molar refractivity (Wildman–Crippen MR) is 115 cm³/mol. The number of carbonyl (C=O) groups excluding carboxylic acids is 2. The van der Waals surface area contributed by atoms with Crippen LogP contribution in [0.2, 0.25) is 0 Å². The summed E-state index contributed by atoms with van der Waals surface area (Å²) in [5.74, 6) is -0.888. The number of hydrogen-bond donors (Lipinski definition) is 0. The molecule has 1 rings (SSSR count). The first-order valence-corrected chi connectivity index (χ1v) is 11.1. The maximum atomic E-state index is 12.4. The molecule has 0 atom stereocenters. The van der Waals surface area contributed by atoms with Crippen LogP contribution in [-0.2, 0) is 9.47 Å². The van der Waals surface area contributed by atoms with Gasteiger partial charge in [0, 0.05) is 0 Å². The number of carbonyl (C=O) groups is 2. The van der Waals surface area contributed by atoms with Gasteiger partial charge in [0.1, 0.15) is 0 Å². The van der Waals surface area contributed by atoms with E-state index in [9.17, 15) is 9.59 Å². The number of unbranched alkanes of at least 4 members (excludes halogenated alkanes) is 10. The summed E-state index contributed by atoms with van der Waals surface area (Å²) >= 11 is 0. The Hall–Kier alpha value is -0.204. The Morgan fingerprint density at radius 2 is 1.00 bits per heavy atom. The first-order chi connectivity index (χ1) is 13.7. The van der Waals surface area contributed by atoms with E-state index in [1.165, 1.54) is 51.4 Å². The van der Waals surface area contributed by atoms with E-state index in [0.717, 1.165) is 25.7 Å². The summed E-state index contributed by atoms with van der Waals surface area (Å²) < 4.78 is 10.7.